The molecule has 0 radical (unpaired) electrons. The average molecular weight is 428 g/mol. The molecule has 0 aliphatic carbocycles. The molecular formula is C20H21N5S3. The number of aromatic nitrogens is 3. The van der Waals surface area contributed by atoms with Gasteiger partial charge in [0.15, 0.2) is 0 Å². The molecule has 0 bridgehead atoms. The Morgan fingerprint density at radius 3 is 2.71 bits per heavy atom. The summed E-state index contributed by atoms with van der Waals surface area (Å²) in [4.78, 5) is 21.3. The lowest BCUT2D eigenvalue weighted by Crippen LogP contribution is -2.46. The molecule has 1 aliphatic rings. The highest BCUT2D eigenvalue weighted by Crippen LogP contribution is 2.34. The van der Waals surface area contributed by atoms with Crippen LogP contribution in [-0.4, -0.2) is 46.0 Å². The van der Waals surface area contributed by atoms with E-state index in [9.17, 15) is 0 Å². The Morgan fingerprint density at radius 2 is 1.93 bits per heavy atom. The van der Waals surface area contributed by atoms with Crippen molar-refractivity contribution in [1.82, 2.24) is 19.9 Å². The number of nitrogens with zero attached hydrogens (tertiary/aromatic N) is 5. The summed E-state index contributed by atoms with van der Waals surface area (Å²) in [5.41, 5.74) is 3.73. The van der Waals surface area contributed by atoms with Gasteiger partial charge in [-0.15, -0.1) is 22.7 Å². The van der Waals surface area contributed by atoms with Gasteiger partial charge in [0.05, 0.1) is 11.1 Å². The second kappa shape index (κ2) is 7.51. The molecule has 1 saturated heterocycles. The number of fused-ring (bicyclic) bond motifs is 1. The normalized spacial score (nSPS) is 15.6. The van der Waals surface area contributed by atoms with E-state index in [-0.39, 0.29) is 0 Å². The molecule has 28 heavy (non-hydrogen) atoms. The zero-order chi connectivity index (χ0) is 19.1. The second-order valence-corrected chi connectivity index (χ2v) is 9.92. The summed E-state index contributed by atoms with van der Waals surface area (Å²) >= 11 is 5.23. The highest BCUT2D eigenvalue weighted by molar-refractivity contribution is 7.18. The van der Waals surface area contributed by atoms with E-state index in [0.717, 1.165) is 48.4 Å². The van der Waals surface area contributed by atoms with E-state index in [2.05, 4.69) is 55.8 Å². The Hall–Kier alpha value is -1.87. The number of thiophene rings is 2. The summed E-state index contributed by atoms with van der Waals surface area (Å²) in [7, 11) is 0. The van der Waals surface area contributed by atoms with Crippen LogP contribution in [0.5, 0.6) is 0 Å². The monoisotopic (exact) mass is 427 g/mol. The first kappa shape index (κ1) is 18.2. The van der Waals surface area contributed by atoms with Crippen LogP contribution < -0.4 is 4.90 Å². The van der Waals surface area contributed by atoms with Gasteiger partial charge in [-0.25, -0.2) is 15.0 Å². The van der Waals surface area contributed by atoms with Crippen molar-refractivity contribution >= 4 is 50.0 Å². The lowest BCUT2D eigenvalue weighted by atomic mass is 10.2. The van der Waals surface area contributed by atoms with Crippen LogP contribution in [0.2, 0.25) is 0 Å². The maximum atomic E-state index is 4.83. The molecule has 144 valence electrons. The highest BCUT2D eigenvalue weighted by Gasteiger charge is 2.22. The van der Waals surface area contributed by atoms with Crippen LogP contribution in [-0.2, 0) is 6.54 Å². The fourth-order valence-electron chi connectivity index (χ4n) is 3.65. The summed E-state index contributed by atoms with van der Waals surface area (Å²) in [5, 5.41) is 8.83. The third-order valence-electron chi connectivity index (χ3n) is 5.32. The van der Waals surface area contributed by atoms with Gasteiger partial charge in [-0.05, 0) is 30.9 Å². The summed E-state index contributed by atoms with van der Waals surface area (Å²) in [6.45, 7) is 9.30. The molecule has 5 rings (SSSR count). The van der Waals surface area contributed by atoms with Gasteiger partial charge in [-0.2, -0.15) is 11.3 Å². The SMILES string of the molecule is Cc1sc2ncnc(N3CCN(Cc4csc(-c5ccsc5)n4)CC3)c2c1C. The van der Waals surface area contributed by atoms with Gasteiger partial charge >= 0.3 is 0 Å². The number of piperazine rings is 1. The molecule has 0 aromatic carbocycles. The number of aryl methyl sites for hydroxylation is 2. The van der Waals surface area contributed by atoms with Crippen molar-refractivity contribution < 1.29 is 0 Å². The van der Waals surface area contributed by atoms with Crippen molar-refractivity contribution in [2.75, 3.05) is 31.1 Å². The van der Waals surface area contributed by atoms with Gasteiger partial charge in [0, 0.05) is 53.9 Å². The van der Waals surface area contributed by atoms with E-state index >= 15 is 0 Å². The first-order valence-corrected chi connectivity index (χ1v) is 12.0. The topological polar surface area (TPSA) is 45.2 Å². The van der Waals surface area contributed by atoms with Crippen molar-refractivity contribution in [2.45, 2.75) is 20.4 Å². The Balaban J connectivity index is 1.27. The zero-order valence-electron chi connectivity index (χ0n) is 15.9. The largest absolute Gasteiger partial charge is 0.353 e. The maximum Gasteiger partial charge on any atom is 0.141 e. The minimum Gasteiger partial charge on any atom is -0.353 e. The second-order valence-electron chi connectivity index (χ2n) is 7.08. The molecule has 1 aliphatic heterocycles. The molecule has 4 aromatic heterocycles. The molecule has 5 nitrogen and oxygen atoms in total. The predicted molar refractivity (Wildman–Crippen MR) is 120 cm³/mol. The Labute approximate surface area is 176 Å². The zero-order valence-corrected chi connectivity index (χ0v) is 18.3. The molecule has 0 N–H and O–H groups in total. The van der Waals surface area contributed by atoms with E-state index in [1.807, 2.05) is 0 Å². The van der Waals surface area contributed by atoms with Crippen LogP contribution in [0, 0.1) is 13.8 Å². The maximum absolute atomic E-state index is 4.83. The van der Waals surface area contributed by atoms with Crippen LogP contribution in [0.1, 0.15) is 16.1 Å². The lowest BCUT2D eigenvalue weighted by molar-refractivity contribution is 0.247. The van der Waals surface area contributed by atoms with E-state index in [1.54, 1.807) is 40.3 Å². The molecule has 0 unspecified atom stereocenters. The standard InChI is InChI=1S/C20H21N5S3/c1-13-14(2)28-20-17(13)18(21-12-22-20)25-6-4-24(5-7-25)9-16-11-27-19(23-16)15-3-8-26-10-15/h3,8,10-12H,4-7,9H2,1-2H3. The van der Waals surface area contributed by atoms with E-state index in [0.29, 0.717) is 0 Å². The fraction of sp³-hybridized carbons (Fsp3) is 0.350. The number of anilines is 1. The quantitative estimate of drug-likeness (QED) is 0.467. The van der Waals surface area contributed by atoms with Crippen LogP contribution in [0.3, 0.4) is 0 Å². The Bertz CT molecular complexity index is 1090. The molecule has 8 heteroatoms. The summed E-state index contributed by atoms with van der Waals surface area (Å²) in [6, 6.07) is 2.14. The molecular weight excluding hydrogens is 406 g/mol. The fourth-order valence-corrected chi connectivity index (χ4v) is 6.16. The smallest absolute Gasteiger partial charge is 0.141 e. The number of hydrogen-bond donors (Lipinski definition) is 0. The summed E-state index contributed by atoms with van der Waals surface area (Å²) in [5.74, 6) is 1.10. The molecule has 5 heterocycles. The number of hydrogen-bond acceptors (Lipinski definition) is 8. The highest BCUT2D eigenvalue weighted by atomic mass is 32.1. The minimum absolute atomic E-state index is 0.921. The number of thiazole rings is 1. The van der Waals surface area contributed by atoms with Gasteiger partial charge in [0.2, 0.25) is 0 Å². The first-order valence-electron chi connectivity index (χ1n) is 9.34. The van der Waals surface area contributed by atoms with Crippen molar-refractivity contribution in [3.05, 3.63) is 44.7 Å². The predicted octanol–water partition coefficient (Wildman–Crippen LogP) is 4.82. The van der Waals surface area contributed by atoms with Gasteiger partial charge in [0.25, 0.3) is 0 Å². The molecule has 4 aromatic rings. The molecule has 0 amide bonds. The van der Waals surface area contributed by atoms with Crippen molar-refractivity contribution in [3.8, 4) is 10.6 Å². The molecule has 1 fully saturated rings. The van der Waals surface area contributed by atoms with E-state index < -0.39 is 0 Å². The number of rotatable bonds is 4. The third kappa shape index (κ3) is 3.34. The van der Waals surface area contributed by atoms with Crippen LogP contribution in [0.25, 0.3) is 20.8 Å². The van der Waals surface area contributed by atoms with Crippen LogP contribution in [0.15, 0.2) is 28.5 Å². The van der Waals surface area contributed by atoms with Gasteiger partial charge in [-0.1, -0.05) is 0 Å². The van der Waals surface area contributed by atoms with Crippen LogP contribution in [0.4, 0.5) is 5.82 Å². The Kier molecular flexibility index (Phi) is 4.88. The van der Waals surface area contributed by atoms with Crippen molar-refractivity contribution in [3.63, 3.8) is 0 Å². The summed E-state index contributed by atoms with van der Waals surface area (Å²) in [6.07, 6.45) is 1.71. The first-order chi connectivity index (χ1) is 13.7. The third-order valence-corrected chi connectivity index (χ3v) is 8.06. The molecule has 0 spiro atoms. The lowest BCUT2D eigenvalue weighted by Gasteiger charge is -2.35. The van der Waals surface area contributed by atoms with Gasteiger partial charge in [-0.3, -0.25) is 4.90 Å². The molecule has 0 atom stereocenters. The molecule has 0 saturated carbocycles. The van der Waals surface area contributed by atoms with Gasteiger partial charge < -0.3 is 4.90 Å². The van der Waals surface area contributed by atoms with Gasteiger partial charge in [0.1, 0.15) is 22.0 Å². The van der Waals surface area contributed by atoms with Crippen LogP contribution >= 0.6 is 34.0 Å². The average Bonchev–Trinajstić information content (AvgIpc) is 3.44. The van der Waals surface area contributed by atoms with Crippen molar-refractivity contribution in [1.29, 1.82) is 0 Å². The van der Waals surface area contributed by atoms with E-state index in [1.165, 1.54) is 27.1 Å². The summed E-state index contributed by atoms with van der Waals surface area (Å²) < 4.78 is 0. The Morgan fingerprint density at radius 1 is 1.07 bits per heavy atom. The van der Waals surface area contributed by atoms with E-state index in [4.69, 9.17) is 4.98 Å². The van der Waals surface area contributed by atoms with Crippen molar-refractivity contribution in [2.24, 2.45) is 0 Å². The minimum atomic E-state index is 0.921.